The Morgan fingerprint density at radius 3 is 2.26 bits per heavy atom. The van der Waals surface area contributed by atoms with Gasteiger partial charge in [0.15, 0.2) is 5.11 Å². The van der Waals surface area contributed by atoms with Crippen LogP contribution in [0.5, 0.6) is 0 Å². The van der Waals surface area contributed by atoms with Gasteiger partial charge in [-0.25, -0.2) is 4.39 Å². The van der Waals surface area contributed by atoms with E-state index in [1.807, 2.05) is 6.07 Å². The third kappa shape index (κ3) is 2.86. The Labute approximate surface area is 143 Å². The van der Waals surface area contributed by atoms with Gasteiger partial charge in [0.25, 0.3) is 0 Å². The van der Waals surface area contributed by atoms with Crippen molar-refractivity contribution >= 4 is 23.0 Å². The molecule has 2 nitrogen and oxygen atoms in total. The van der Waals surface area contributed by atoms with Crippen molar-refractivity contribution < 1.29 is 4.39 Å². The van der Waals surface area contributed by atoms with Crippen LogP contribution >= 0.6 is 12.2 Å². The zero-order chi connectivity index (χ0) is 16.0. The Bertz CT molecular complexity index is 580. The van der Waals surface area contributed by atoms with E-state index >= 15 is 0 Å². The SMILES string of the molecule is C[C@@H](NC(=S)Nc1ccccc1F)C12CC3CC(CC(C3)C1)C2. The summed E-state index contributed by atoms with van der Waals surface area (Å²) in [5, 5.41) is 7.02. The molecule has 0 aromatic heterocycles. The maximum atomic E-state index is 13.8. The maximum Gasteiger partial charge on any atom is 0.171 e. The average molecular weight is 332 g/mol. The van der Waals surface area contributed by atoms with Gasteiger partial charge in [-0.15, -0.1) is 0 Å². The number of rotatable bonds is 3. The average Bonchev–Trinajstić information content (AvgIpc) is 2.48. The smallest absolute Gasteiger partial charge is 0.171 e. The Kier molecular flexibility index (Phi) is 3.83. The summed E-state index contributed by atoms with van der Waals surface area (Å²) in [7, 11) is 0. The summed E-state index contributed by atoms with van der Waals surface area (Å²) >= 11 is 5.44. The second-order valence-electron chi connectivity index (χ2n) is 8.08. The van der Waals surface area contributed by atoms with Gasteiger partial charge in [0.2, 0.25) is 0 Å². The quantitative estimate of drug-likeness (QED) is 0.783. The topological polar surface area (TPSA) is 24.1 Å². The molecule has 23 heavy (non-hydrogen) atoms. The fourth-order valence-corrected chi connectivity index (χ4v) is 6.07. The van der Waals surface area contributed by atoms with Crippen molar-refractivity contribution in [3.05, 3.63) is 30.1 Å². The van der Waals surface area contributed by atoms with E-state index in [1.165, 1.54) is 44.6 Å². The van der Waals surface area contributed by atoms with E-state index in [9.17, 15) is 4.39 Å². The number of anilines is 1. The van der Waals surface area contributed by atoms with E-state index in [0.29, 0.717) is 22.3 Å². The highest BCUT2D eigenvalue weighted by Gasteiger charge is 2.53. The van der Waals surface area contributed by atoms with Crippen LogP contribution in [-0.4, -0.2) is 11.2 Å². The first-order chi connectivity index (χ1) is 11.0. The van der Waals surface area contributed by atoms with Crippen molar-refractivity contribution in [2.75, 3.05) is 5.32 Å². The van der Waals surface area contributed by atoms with Crippen molar-refractivity contribution in [3.8, 4) is 0 Å². The fraction of sp³-hybridized carbons (Fsp3) is 0.632. The third-order valence-corrected chi connectivity index (χ3v) is 6.69. The lowest BCUT2D eigenvalue weighted by molar-refractivity contribution is -0.0671. The molecule has 0 amide bonds. The Morgan fingerprint density at radius 2 is 1.70 bits per heavy atom. The first kappa shape index (κ1) is 15.4. The Balaban J connectivity index is 1.43. The first-order valence-electron chi connectivity index (χ1n) is 8.86. The molecule has 2 N–H and O–H groups in total. The van der Waals surface area contributed by atoms with E-state index in [0.717, 1.165) is 17.8 Å². The molecular formula is C19H25FN2S. The minimum Gasteiger partial charge on any atom is -0.359 e. The minimum absolute atomic E-state index is 0.265. The van der Waals surface area contributed by atoms with Gasteiger partial charge in [0.05, 0.1) is 5.69 Å². The molecule has 0 unspecified atom stereocenters. The van der Waals surface area contributed by atoms with Crippen molar-refractivity contribution in [2.24, 2.45) is 23.2 Å². The fourth-order valence-electron chi connectivity index (χ4n) is 5.78. The molecule has 4 aliphatic rings. The maximum absolute atomic E-state index is 13.8. The van der Waals surface area contributed by atoms with Gasteiger partial charge in [0, 0.05) is 6.04 Å². The van der Waals surface area contributed by atoms with E-state index < -0.39 is 0 Å². The van der Waals surface area contributed by atoms with Gasteiger partial charge < -0.3 is 10.6 Å². The minimum atomic E-state index is -0.265. The Hall–Kier alpha value is -1.16. The van der Waals surface area contributed by atoms with E-state index in [2.05, 4.69) is 17.6 Å². The molecule has 124 valence electrons. The van der Waals surface area contributed by atoms with Crippen molar-refractivity contribution in [1.82, 2.24) is 5.32 Å². The van der Waals surface area contributed by atoms with Gasteiger partial charge in [-0.3, -0.25) is 0 Å². The zero-order valence-electron chi connectivity index (χ0n) is 13.6. The number of nitrogens with one attached hydrogen (secondary N) is 2. The highest BCUT2D eigenvalue weighted by Crippen LogP contribution is 2.61. The summed E-state index contributed by atoms with van der Waals surface area (Å²) in [6.45, 7) is 2.27. The molecule has 0 saturated heterocycles. The molecule has 0 radical (unpaired) electrons. The van der Waals surface area contributed by atoms with E-state index in [4.69, 9.17) is 12.2 Å². The molecule has 4 heteroatoms. The van der Waals surface area contributed by atoms with Gasteiger partial charge in [-0.2, -0.15) is 0 Å². The summed E-state index contributed by atoms with van der Waals surface area (Å²) in [6.07, 6.45) is 8.37. The molecular weight excluding hydrogens is 307 g/mol. The molecule has 5 rings (SSSR count). The van der Waals surface area contributed by atoms with E-state index in [1.54, 1.807) is 12.1 Å². The summed E-state index contributed by atoms with van der Waals surface area (Å²) < 4.78 is 13.8. The van der Waals surface area contributed by atoms with Gasteiger partial charge in [-0.1, -0.05) is 12.1 Å². The number of para-hydroxylation sites is 1. The van der Waals surface area contributed by atoms with Gasteiger partial charge in [0.1, 0.15) is 5.82 Å². The van der Waals surface area contributed by atoms with Gasteiger partial charge in [-0.05, 0) is 93.0 Å². The largest absolute Gasteiger partial charge is 0.359 e. The normalized spacial score (nSPS) is 35.8. The summed E-state index contributed by atoms with van der Waals surface area (Å²) in [6, 6.07) is 7.03. The van der Waals surface area contributed by atoms with Crippen LogP contribution in [0.2, 0.25) is 0 Å². The van der Waals surface area contributed by atoms with Crippen LogP contribution in [0.25, 0.3) is 0 Å². The monoisotopic (exact) mass is 332 g/mol. The van der Waals surface area contributed by atoms with Crippen LogP contribution in [0.1, 0.15) is 45.4 Å². The predicted molar refractivity (Wildman–Crippen MR) is 95.8 cm³/mol. The summed E-state index contributed by atoms with van der Waals surface area (Å²) in [4.78, 5) is 0. The standard InChI is InChI=1S/C19H25FN2S/c1-12(21-18(23)22-17-5-3-2-4-16(17)20)19-9-13-6-14(10-19)8-15(7-13)11-19/h2-5,12-15H,6-11H2,1H3,(H2,21,22,23)/t12-,13?,14?,15?,19?/m1/s1. The molecule has 0 spiro atoms. The van der Waals surface area contributed by atoms with Crippen LogP contribution in [0.15, 0.2) is 24.3 Å². The lowest BCUT2D eigenvalue weighted by atomic mass is 9.48. The number of halogens is 1. The molecule has 4 fully saturated rings. The molecule has 4 aliphatic carbocycles. The van der Waals surface area contributed by atoms with Crippen molar-refractivity contribution in [2.45, 2.75) is 51.5 Å². The van der Waals surface area contributed by atoms with Crippen LogP contribution < -0.4 is 10.6 Å². The second kappa shape index (κ2) is 5.73. The van der Waals surface area contributed by atoms with E-state index in [-0.39, 0.29) is 5.82 Å². The molecule has 1 aromatic carbocycles. The number of hydrogen-bond donors (Lipinski definition) is 2. The van der Waals surface area contributed by atoms with Crippen LogP contribution in [-0.2, 0) is 0 Å². The van der Waals surface area contributed by atoms with Crippen LogP contribution in [0, 0.1) is 29.0 Å². The lowest BCUT2D eigenvalue weighted by Crippen LogP contribution is -2.56. The molecule has 1 aromatic rings. The molecule has 1 atom stereocenters. The summed E-state index contributed by atoms with van der Waals surface area (Å²) in [5.41, 5.74) is 0.845. The van der Waals surface area contributed by atoms with Crippen molar-refractivity contribution in [3.63, 3.8) is 0 Å². The van der Waals surface area contributed by atoms with Crippen LogP contribution in [0.4, 0.5) is 10.1 Å². The summed E-state index contributed by atoms with van der Waals surface area (Å²) in [5.74, 6) is 2.52. The Morgan fingerprint density at radius 1 is 1.13 bits per heavy atom. The predicted octanol–water partition coefficient (Wildman–Crippen LogP) is 4.72. The molecule has 4 saturated carbocycles. The number of benzene rings is 1. The second-order valence-corrected chi connectivity index (χ2v) is 8.49. The van der Waals surface area contributed by atoms with Crippen molar-refractivity contribution in [1.29, 1.82) is 0 Å². The zero-order valence-corrected chi connectivity index (χ0v) is 14.5. The highest BCUT2D eigenvalue weighted by molar-refractivity contribution is 7.80. The first-order valence-corrected chi connectivity index (χ1v) is 9.27. The number of hydrogen-bond acceptors (Lipinski definition) is 1. The highest BCUT2D eigenvalue weighted by atomic mass is 32.1. The number of thiocarbonyl (C=S) groups is 1. The lowest BCUT2D eigenvalue weighted by Gasteiger charge is -2.59. The van der Waals surface area contributed by atoms with Gasteiger partial charge >= 0.3 is 0 Å². The molecule has 0 aliphatic heterocycles. The van der Waals surface area contributed by atoms with Crippen LogP contribution in [0.3, 0.4) is 0 Å². The molecule has 0 heterocycles. The molecule has 4 bridgehead atoms. The third-order valence-electron chi connectivity index (χ3n) is 6.47.